The van der Waals surface area contributed by atoms with Gasteiger partial charge in [0.25, 0.3) is 0 Å². The first kappa shape index (κ1) is 23.2. The van der Waals surface area contributed by atoms with Crippen molar-refractivity contribution in [2.45, 2.75) is 31.5 Å². The van der Waals surface area contributed by atoms with Gasteiger partial charge in [0.2, 0.25) is 17.7 Å². The minimum Gasteiger partial charge on any atom is -0.508 e. The molecule has 0 saturated carbocycles. The maximum atomic E-state index is 12.5. The molecule has 1 rings (SSSR count). The number of nitrogens with two attached hydrogens (primary N) is 1. The minimum absolute atomic E-state index is 0.0348. The molecule has 0 aliphatic rings. The van der Waals surface area contributed by atoms with E-state index in [1.54, 1.807) is 12.1 Å². The second kappa shape index (κ2) is 11.1. The number of aliphatic carboxylic acids is 1. The van der Waals surface area contributed by atoms with Crippen molar-refractivity contribution in [1.82, 2.24) is 16.0 Å². The number of amides is 3. The van der Waals surface area contributed by atoms with Gasteiger partial charge in [0.1, 0.15) is 24.4 Å². The van der Waals surface area contributed by atoms with E-state index in [1.807, 2.05) is 0 Å². The quantitative estimate of drug-likeness (QED) is 0.226. The lowest BCUT2D eigenvalue weighted by atomic mass is 10.0. The highest BCUT2D eigenvalue weighted by Gasteiger charge is 2.27. The van der Waals surface area contributed by atoms with Crippen molar-refractivity contribution < 1.29 is 29.4 Å². The third-order valence-electron chi connectivity index (χ3n) is 3.65. The van der Waals surface area contributed by atoms with Crippen LogP contribution in [0.2, 0.25) is 0 Å². The molecule has 3 unspecified atom stereocenters. The minimum atomic E-state index is -1.24. The highest BCUT2D eigenvalue weighted by Crippen LogP contribution is 2.11. The van der Waals surface area contributed by atoms with Gasteiger partial charge in [-0.05, 0) is 24.6 Å². The molecular formula is C17H24N4O6S. The molecule has 0 fully saturated rings. The summed E-state index contributed by atoms with van der Waals surface area (Å²) in [5.41, 5.74) is 6.08. The first-order chi connectivity index (χ1) is 13.1. The lowest BCUT2D eigenvalue weighted by Gasteiger charge is -2.22. The average molecular weight is 412 g/mol. The van der Waals surface area contributed by atoms with Gasteiger partial charge in [-0.2, -0.15) is 12.6 Å². The molecular weight excluding hydrogens is 388 g/mol. The molecule has 1 aromatic carbocycles. The molecule has 28 heavy (non-hydrogen) atoms. The zero-order valence-corrected chi connectivity index (χ0v) is 16.1. The number of thiol groups is 1. The molecule has 3 atom stereocenters. The number of benzene rings is 1. The van der Waals surface area contributed by atoms with E-state index in [2.05, 4.69) is 28.6 Å². The number of hydrogen-bond acceptors (Lipinski definition) is 7. The smallest absolute Gasteiger partial charge is 0.322 e. The summed E-state index contributed by atoms with van der Waals surface area (Å²) in [4.78, 5) is 47.2. The van der Waals surface area contributed by atoms with Gasteiger partial charge in [0.15, 0.2) is 0 Å². The molecule has 0 radical (unpaired) electrons. The van der Waals surface area contributed by atoms with Gasteiger partial charge in [0.05, 0.1) is 6.04 Å². The molecule has 1 aromatic rings. The Labute approximate surface area is 167 Å². The molecule has 0 aliphatic carbocycles. The first-order valence-corrected chi connectivity index (χ1v) is 9.01. The van der Waals surface area contributed by atoms with Crippen molar-refractivity contribution in [1.29, 1.82) is 0 Å². The fourth-order valence-electron chi connectivity index (χ4n) is 2.13. The van der Waals surface area contributed by atoms with Crippen LogP contribution < -0.4 is 21.7 Å². The Morgan fingerprint density at radius 3 is 2.11 bits per heavy atom. The number of rotatable bonds is 10. The van der Waals surface area contributed by atoms with Gasteiger partial charge in [-0.25, -0.2) is 0 Å². The second-order valence-corrected chi connectivity index (χ2v) is 6.44. The van der Waals surface area contributed by atoms with Gasteiger partial charge in [-0.3, -0.25) is 19.2 Å². The molecule has 0 saturated heterocycles. The zero-order chi connectivity index (χ0) is 21.3. The molecule has 3 amide bonds. The standard InChI is InChI=1S/C17H24N4O6S/c1-9(18)15(25)21-13(8-28)17(27)20-12(16(26)19-7-14(23)24)6-10-2-4-11(22)5-3-10/h2-5,9,12-13,22,28H,6-8,18H2,1H3,(H,19,26)(H,20,27)(H,21,25)(H,23,24). The largest absolute Gasteiger partial charge is 0.508 e. The number of phenolic OH excluding ortho intramolecular Hbond substituents is 1. The SMILES string of the molecule is CC(N)C(=O)NC(CS)C(=O)NC(Cc1ccc(O)cc1)C(=O)NCC(=O)O. The Morgan fingerprint density at radius 2 is 1.61 bits per heavy atom. The van der Waals surface area contributed by atoms with Gasteiger partial charge in [0, 0.05) is 12.2 Å². The molecule has 0 aliphatic heterocycles. The molecule has 0 aromatic heterocycles. The fraction of sp³-hybridized carbons (Fsp3) is 0.412. The molecule has 10 nitrogen and oxygen atoms in total. The number of carboxylic acid groups (broad SMARTS) is 1. The third kappa shape index (κ3) is 7.84. The van der Waals surface area contributed by atoms with Gasteiger partial charge in [-0.1, -0.05) is 12.1 Å². The van der Waals surface area contributed by atoms with Crippen molar-refractivity contribution >= 4 is 36.3 Å². The molecule has 154 valence electrons. The number of carboxylic acids is 1. The van der Waals surface area contributed by atoms with Crippen LogP contribution >= 0.6 is 12.6 Å². The highest BCUT2D eigenvalue weighted by molar-refractivity contribution is 7.80. The first-order valence-electron chi connectivity index (χ1n) is 8.38. The van der Waals surface area contributed by atoms with E-state index < -0.39 is 48.4 Å². The normalized spacial score (nSPS) is 13.7. The zero-order valence-electron chi connectivity index (χ0n) is 15.2. The average Bonchev–Trinajstić information content (AvgIpc) is 2.64. The number of nitrogens with one attached hydrogen (secondary N) is 3. The predicted molar refractivity (Wildman–Crippen MR) is 104 cm³/mol. The molecule has 0 heterocycles. The predicted octanol–water partition coefficient (Wildman–Crippen LogP) is -1.62. The summed E-state index contributed by atoms with van der Waals surface area (Å²) in [7, 11) is 0. The fourth-order valence-corrected chi connectivity index (χ4v) is 2.39. The highest BCUT2D eigenvalue weighted by atomic mass is 32.1. The summed E-state index contributed by atoms with van der Waals surface area (Å²) >= 11 is 4.03. The summed E-state index contributed by atoms with van der Waals surface area (Å²) in [5, 5.41) is 25.2. The van der Waals surface area contributed by atoms with Crippen LogP contribution in [0.15, 0.2) is 24.3 Å². The number of phenols is 1. The Kier molecular flexibility index (Phi) is 9.25. The van der Waals surface area contributed by atoms with Crippen molar-refractivity contribution in [2.24, 2.45) is 5.73 Å². The lowest BCUT2D eigenvalue weighted by Crippen LogP contribution is -2.56. The van der Waals surface area contributed by atoms with Crippen LogP contribution in [0.5, 0.6) is 5.75 Å². The van der Waals surface area contributed by atoms with E-state index in [9.17, 15) is 24.3 Å². The summed E-state index contributed by atoms with van der Waals surface area (Å²) < 4.78 is 0. The van der Waals surface area contributed by atoms with Crippen LogP contribution in [0.1, 0.15) is 12.5 Å². The van der Waals surface area contributed by atoms with Crippen LogP contribution in [0.25, 0.3) is 0 Å². The lowest BCUT2D eigenvalue weighted by molar-refractivity contribution is -0.138. The van der Waals surface area contributed by atoms with Crippen molar-refractivity contribution in [3.63, 3.8) is 0 Å². The summed E-state index contributed by atoms with van der Waals surface area (Å²) in [6.07, 6.45) is 0.0397. The van der Waals surface area contributed by atoms with E-state index in [0.717, 1.165) is 0 Å². The Balaban J connectivity index is 2.91. The van der Waals surface area contributed by atoms with E-state index >= 15 is 0 Å². The maximum absolute atomic E-state index is 12.5. The van der Waals surface area contributed by atoms with E-state index in [-0.39, 0.29) is 17.9 Å². The van der Waals surface area contributed by atoms with E-state index in [0.29, 0.717) is 5.56 Å². The topological polar surface area (TPSA) is 171 Å². The van der Waals surface area contributed by atoms with Crippen LogP contribution in [-0.4, -0.2) is 64.3 Å². The molecule has 11 heteroatoms. The van der Waals surface area contributed by atoms with Crippen LogP contribution in [0.4, 0.5) is 0 Å². The Hall–Kier alpha value is -2.79. The summed E-state index contributed by atoms with van der Waals surface area (Å²) in [6.45, 7) is 0.841. The van der Waals surface area contributed by atoms with Crippen LogP contribution in [-0.2, 0) is 25.6 Å². The van der Waals surface area contributed by atoms with E-state index in [4.69, 9.17) is 10.8 Å². The number of carbonyl (C=O) groups is 4. The summed E-state index contributed by atoms with van der Waals surface area (Å²) in [5.74, 6) is -3.17. The third-order valence-corrected chi connectivity index (χ3v) is 4.02. The van der Waals surface area contributed by atoms with Gasteiger partial charge < -0.3 is 31.9 Å². The van der Waals surface area contributed by atoms with Crippen LogP contribution in [0.3, 0.4) is 0 Å². The summed E-state index contributed by atoms with van der Waals surface area (Å²) in [6, 6.07) is 3.00. The van der Waals surface area contributed by atoms with Crippen LogP contribution in [0, 0.1) is 0 Å². The van der Waals surface area contributed by atoms with Gasteiger partial charge >= 0.3 is 5.97 Å². The molecule has 0 spiro atoms. The van der Waals surface area contributed by atoms with E-state index in [1.165, 1.54) is 19.1 Å². The number of aromatic hydroxyl groups is 1. The van der Waals surface area contributed by atoms with Crippen molar-refractivity contribution in [2.75, 3.05) is 12.3 Å². The Morgan fingerprint density at radius 1 is 1.04 bits per heavy atom. The Bertz CT molecular complexity index is 710. The molecule has 0 bridgehead atoms. The van der Waals surface area contributed by atoms with Crippen molar-refractivity contribution in [3.05, 3.63) is 29.8 Å². The number of hydrogen-bond donors (Lipinski definition) is 7. The molecule has 7 N–H and O–H groups in total. The number of carbonyl (C=O) groups excluding carboxylic acids is 3. The maximum Gasteiger partial charge on any atom is 0.322 e. The monoisotopic (exact) mass is 412 g/mol. The van der Waals surface area contributed by atoms with Gasteiger partial charge in [-0.15, -0.1) is 0 Å². The van der Waals surface area contributed by atoms with Crippen molar-refractivity contribution in [3.8, 4) is 5.75 Å². The second-order valence-electron chi connectivity index (χ2n) is 6.08.